The van der Waals surface area contributed by atoms with E-state index in [2.05, 4.69) is 46.4 Å². The van der Waals surface area contributed by atoms with Crippen molar-refractivity contribution in [3.63, 3.8) is 0 Å². The summed E-state index contributed by atoms with van der Waals surface area (Å²) in [6.07, 6.45) is 1.24. The van der Waals surface area contributed by atoms with Crippen molar-refractivity contribution in [1.29, 1.82) is 0 Å². The molecule has 2 aliphatic rings. The minimum absolute atomic E-state index is 0.282. The summed E-state index contributed by atoms with van der Waals surface area (Å²) in [4.78, 5) is 2.70. The van der Waals surface area contributed by atoms with Crippen molar-refractivity contribution in [2.45, 2.75) is 65.6 Å². The Labute approximate surface area is 101 Å². The van der Waals surface area contributed by atoms with Gasteiger partial charge in [0.15, 0.2) is 0 Å². The first-order valence-corrected chi connectivity index (χ1v) is 6.72. The molecule has 1 saturated carbocycles. The van der Waals surface area contributed by atoms with Gasteiger partial charge in [0.1, 0.15) is 0 Å². The summed E-state index contributed by atoms with van der Waals surface area (Å²) < 4.78 is 0. The van der Waals surface area contributed by atoms with Gasteiger partial charge in [0, 0.05) is 24.2 Å². The van der Waals surface area contributed by atoms with Crippen molar-refractivity contribution >= 4 is 0 Å². The average Bonchev–Trinajstić information content (AvgIpc) is 2.64. The van der Waals surface area contributed by atoms with Gasteiger partial charge in [-0.25, -0.2) is 0 Å². The molecule has 2 rings (SSSR count). The molecule has 1 aliphatic heterocycles. The van der Waals surface area contributed by atoms with E-state index in [0.717, 1.165) is 11.8 Å². The number of hydrogen-bond acceptors (Lipinski definition) is 2. The number of nitrogens with two attached hydrogens (primary N) is 1. The van der Waals surface area contributed by atoms with E-state index in [9.17, 15) is 0 Å². The van der Waals surface area contributed by atoms with Gasteiger partial charge in [0.2, 0.25) is 0 Å². The molecule has 0 radical (unpaired) electrons. The van der Waals surface area contributed by atoms with E-state index < -0.39 is 0 Å². The molecule has 0 aromatic rings. The van der Waals surface area contributed by atoms with Crippen molar-refractivity contribution in [3.8, 4) is 0 Å². The second kappa shape index (κ2) is 3.46. The summed E-state index contributed by atoms with van der Waals surface area (Å²) in [5.41, 5.74) is 6.86. The van der Waals surface area contributed by atoms with E-state index in [0.29, 0.717) is 17.5 Å². The van der Waals surface area contributed by atoms with Crippen LogP contribution in [0.5, 0.6) is 0 Å². The third kappa shape index (κ3) is 1.70. The van der Waals surface area contributed by atoms with Gasteiger partial charge in [-0.3, -0.25) is 4.90 Å². The first kappa shape index (κ1) is 12.4. The third-order valence-corrected chi connectivity index (χ3v) is 4.97. The molecule has 1 saturated heterocycles. The Morgan fingerprint density at radius 1 is 1.19 bits per heavy atom. The highest BCUT2D eigenvalue weighted by Gasteiger charge is 2.63. The van der Waals surface area contributed by atoms with Crippen LogP contribution in [0.4, 0.5) is 0 Å². The standard InChI is InChI=1S/C14H28N2/c1-7-14(5,6)12-10-9(11(10)15)8-16(12)13(2,3)4/h9-12H,7-8,15H2,1-6H3/t9-,10+,11+,12+/m1/s1. The average molecular weight is 224 g/mol. The Morgan fingerprint density at radius 2 is 1.75 bits per heavy atom. The molecule has 16 heavy (non-hydrogen) atoms. The van der Waals surface area contributed by atoms with Crippen molar-refractivity contribution in [2.24, 2.45) is 23.0 Å². The zero-order chi connectivity index (χ0) is 12.3. The Kier molecular flexibility index (Phi) is 2.67. The molecule has 1 heterocycles. The molecule has 4 atom stereocenters. The maximum absolute atomic E-state index is 6.19. The highest BCUT2D eigenvalue weighted by atomic mass is 15.3. The van der Waals surface area contributed by atoms with Crippen LogP contribution in [0.3, 0.4) is 0 Å². The van der Waals surface area contributed by atoms with E-state index in [1.165, 1.54) is 13.0 Å². The fourth-order valence-corrected chi connectivity index (χ4v) is 3.51. The van der Waals surface area contributed by atoms with Crippen molar-refractivity contribution in [3.05, 3.63) is 0 Å². The van der Waals surface area contributed by atoms with Crippen molar-refractivity contribution in [2.75, 3.05) is 6.54 Å². The fourth-order valence-electron chi connectivity index (χ4n) is 3.51. The summed E-state index contributed by atoms with van der Waals surface area (Å²) >= 11 is 0. The molecule has 1 aliphatic carbocycles. The lowest BCUT2D eigenvalue weighted by Crippen LogP contribution is -2.54. The van der Waals surface area contributed by atoms with Crippen LogP contribution in [0.2, 0.25) is 0 Å². The Morgan fingerprint density at radius 3 is 2.19 bits per heavy atom. The highest BCUT2D eigenvalue weighted by molar-refractivity contribution is 5.18. The van der Waals surface area contributed by atoms with E-state index in [4.69, 9.17) is 5.73 Å². The smallest absolute Gasteiger partial charge is 0.0198 e. The van der Waals surface area contributed by atoms with Crippen LogP contribution in [0.1, 0.15) is 48.0 Å². The molecule has 0 unspecified atom stereocenters. The minimum atomic E-state index is 0.282. The molecule has 0 amide bonds. The van der Waals surface area contributed by atoms with E-state index in [1.807, 2.05) is 0 Å². The predicted octanol–water partition coefficient (Wildman–Crippen LogP) is 2.48. The first-order chi connectivity index (χ1) is 7.20. The fraction of sp³-hybridized carbons (Fsp3) is 1.00. The maximum Gasteiger partial charge on any atom is 0.0198 e. The second-order valence-electron chi connectivity index (χ2n) is 7.43. The van der Waals surface area contributed by atoms with Crippen LogP contribution < -0.4 is 5.73 Å². The highest BCUT2D eigenvalue weighted by Crippen LogP contribution is 2.56. The van der Waals surface area contributed by atoms with Gasteiger partial charge in [0.05, 0.1) is 0 Å². The van der Waals surface area contributed by atoms with Crippen molar-refractivity contribution in [1.82, 2.24) is 4.90 Å². The second-order valence-corrected chi connectivity index (χ2v) is 7.43. The Bertz CT molecular complexity index is 277. The lowest BCUT2D eigenvalue weighted by Gasteiger charge is -2.46. The molecule has 94 valence electrons. The number of rotatable bonds is 2. The van der Waals surface area contributed by atoms with Gasteiger partial charge in [-0.1, -0.05) is 20.8 Å². The topological polar surface area (TPSA) is 29.3 Å². The third-order valence-electron chi connectivity index (χ3n) is 4.97. The van der Waals surface area contributed by atoms with E-state index >= 15 is 0 Å². The zero-order valence-electron chi connectivity index (χ0n) is 11.7. The Balaban J connectivity index is 2.24. The van der Waals surface area contributed by atoms with Gasteiger partial charge >= 0.3 is 0 Å². The minimum Gasteiger partial charge on any atom is -0.327 e. The molecular formula is C14H28N2. The first-order valence-electron chi connectivity index (χ1n) is 6.72. The summed E-state index contributed by atoms with van der Waals surface area (Å²) in [7, 11) is 0. The number of fused-ring (bicyclic) bond motifs is 1. The summed E-state index contributed by atoms with van der Waals surface area (Å²) in [6, 6.07) is 1.16. The van der Waals surface area contributed by atoms with Gasteiger partial charge < -0.3 is 5.73 Å². The molecule has 2 heteroatoms. The van der Waals surface area contributed by atoms with Gasteiger partial charge in [0.25, 0.3) is 0 Å². The van der Waals surface area contributed by atoms with Gasteiger partial charge in [-0.05, 0) is 44.4 Å². The molecule has 0 aromatic carbocycles. The van der Waals surface area contributed by atoms with E-state index in [-0.39, 0.29) is 5.54 Å². The summed E-state index contributed by atoms with van der Waals surface area (Å²) in [5.74, 6) is 1.53. The molecule has 2 N–H and O–H groups in total. The monoisotopic (exact) mass is 224 g/mol. The lowest BCUT2D eigenvalue weighted by atomic mass is 9.77. The van der Waals surface area contributed by atoms with Gasteiger partial charge in [-0.2, -0.15) is 0 Å². The SMILES string of the molecule is CCC(C)(C)[C@@H]1[C@@H]2[C@@H](N)[C@@H]2CN1C(C)(C)C. The molecule has 0 bridgehead atoms. The Hall–Kier alpha value is -0.0800. The predicted molar refractivity (Wildman–Crippen MR) is 69.3 cm³/mol. The largest absolute Gasteiger partial charge is 0.327 e. The molecule has 0 aromatic heterocycles. The van der Waals surface area contributed by atoms with Crippen LogP contribution in [0.25, 0.3) is 0 Å². The molecule has 2 fully saturated rings. The zero-order valence-corrected chi connectivity index (χ0v) is 11.7. The number of hydrogen-bond donors (Lipinski definition) is 1. The summed E-state index contributed by atoms with van der Waals surface area (Å²) in [6.45, 7) is 15.3. The molecular weight excluding hydrogens is 196 g/mol. The number of nitrogens with zero attached hydrogens (tertiary/aromatic N) is 1. The quantitative estimate of drug-likeness (QED) is 0.781. The van der Waals surface area contributed by atoms with Crippen LogP contribution in [-0.2, 0) is 0 Å². The van der Waals surface area contributed by atoms with Crippen LogP contribution in [0.15, 0.2) is 0 Å². The molecule has 0 spiro atoms. The maximum atomic E-state index is 6.19. The lowest BCUT2D eigenvalue weighted by molar-refractivity contribution is 0.0250. The number of likely N-dealkylation sites (tertiary alicyclic amines) is 1. The van der Waals surface area contributed by atoms with Gasteiger partial charge in [-0.15, -0.1) is 0 Å². The molecule has 2 nitrogen and oxygen atoms in total. The normalized spacial score (nSPS) is 39.9. The van der Waals surface area contributed by atoms with E-state index in [1.54, 1.807) is 0 Å². The summed E-state index contributed by atoms with van der Waals surface area (Å²) in [5, 5.41) is 0. The van der Waals surface area contributed by atoms with Crippen molar-refractivity contribution < 1.29 is 0 Å². The number of piperidine rings is 1. The van der Waals surface area contributed by atoms with Crippen LogP contribution in [0, 0.1) is 17.3 Å². The van der Waals surface area contributed by atoms with Crippen LogP contribution >= 0.6 is 0 Å². The van der Waals surface area contributed by atoms with Crippen LogP contribution in [-0.4, -0.2) is 29.1 Å².